The number of carbonyl (C=O) groups excluding carboxylic acids is 2. The first-order valence-electron chi connectivity index (χ1n) is 12.0. The lowest BCUT2D eigenvalue weighted by molar-refractivity contribution is -0.129. The summed E-state index contributed by atoms with van der Waals surface area (Å²) in [7, 11) is 3.36. The molecule has 0 bridgehead atoms. The SMILES string of the molecule is COc1cc(-c2cc(C(=O)N3CCC(C(=O)N[C@@H]4CN(C)CC[C@@H]4F)CC34CC4)[nH]n2)c(F)cn1. The summed E-state index contributed by atoms with van der Waals surface area (Å²) in [6.45, 7) is 1.61. The molecule has 2 amide bonds. The molecule has 2 aliphatic heterocycles. The van der Waals surface area contributed by atoms with Gasteiger partial charge >= 0.3 is 0 Å². The van der Waals surface area contributed by atoms with Crippen LogP contribution >= 0.6 is 0 Å². The van der Waals surface area contributed by atoms with Gasteiger partial charge in [-0.3, -0.25) is 14.7 Å². The Morgan fingerprint density at radius 3 is 2.80 bits per heavy atom. The molecule has 3 atom stereocenters. The molecular weight excluding hydrogens is 458 g/mol. The Morgan fingerprint density at radius 2 is 2.06 bits per heavy atom. The Hall–Kier alpha value is -3.08. The van der Waals surface area contributed by atoms with Crippen LogP contribution in [0.1, 0.15) is 42.6 Å². The number of aromatic nitrogens is 3. The highest BCUT2D eigenvalue weighted by Gasteiger charge is 2.54. The highest BCUT2D eigenvalue weighted by Crippen LogP contribution is 2.50. The number of piperidine rings is 2. The molecule has 35 heavy (non-hydrogen) atoms. The van der Waals surface area contributed by atoms with Crippen molar-refractivity contribution in [3.8, 4) is 17.1 Å². The lowest BCUT2D eigenvalue weighted by Crippen LogP contribution is -2.56. The summed E-state index contributed by atoms with van der Waals surface area (Å²) in [5.41, 5.74) is 0.355. The maximum atomic E-state index is 14.3. The summed E-state index contributed by atoms with van der Waals surface area (Å²) < 4.78 is 33.7. The summed E-state index contributed by atoms with van der Waals surface area (Å²) in [4.78, 5) is 34.0. The molecule has 3 fully saturated rings. The fourth-order valence-electron chi connectivity index (χ4n) is 5.32. The number of halogens is 2. The number of methoxy groups -OCH3 is 1. The summed E-state index contributed by atoms with van der Waals surface area (Å²) in [6, 6.07) is 2.46. The predicted octanol–water partition coefficient (Wildman–Crippen LogP) is 2.16. The second kappa shape index (κ2) is 9.18. The van der Waals surface area contributed by atoms with E-state index in [4.69, 9.17) is 4.74 Å². The minimum Gasteiger partial charge on any atom is -0.481 e. The molecule has 2 N–H and O–H groups in total. The van der Waals surface area contributed by atoms with Crippen molar-refractivity contribution < 1.29 is 23.1 Å². The summed E-state index contributed by atoms with van der Waals surface area (Å²) in [5.74, 6) is -0.928. The van der Waals surface area contributed by atoms with E-state index in [0.29, 0.717) is 38.9 Å². The molecule has 1 saturated carbocycles. The molecule has 1 spiro atoms. The number of aromatic amines is 1. The third kappa shape index (κ3) is 4.61. The van der Waals surface area contributed by atoms with Gasteiger partial charge in [0.05, 0.1) is 25.0 Å². The van der Waals surface area contributed by atoms with Gasteiger partial charge in [0.1, 0.15) is 11.9 Å². The molecule has 1 aliphatic carbocycles. The molecule has 3 aliphatic rings. The first kappa shape index (κ1) is 23.7. The third-order valence-electron chi connectivity index (χ3n) is 7.53. The van der Waals surface area contributed by atoms with Crippen LogP contribution in [-0.4, -0.2) is 88.3 Å². The molecule has 0 radical (unpaired) electrons. The minimum atomic E-state index is -1.04. The maximum Gasteiger partial charge on any atom is 0.272 e. The van der Waals surface area contributed by atoms with Gasteiger partial charge in [0.25, 0.3) is 5.91 Å². The standard InChI is InChI=1S/C24H30F2N6O3/c1-31-7-4-16(25)20(13-31)28-22(33)14-3-8-32(24(11-14)5-6-24)23(34)19-10-18(29-30-19)15-9-21(35-2)27-12-17(15)26/h9-10,12,14,16,20H,3-8,11,13H2,1-2H3,(H,28,33)(H,29,30)/t14?,16-,20+/m0/s1. The van der Waals surface area contributed by atoms with Crippen molar-refractivity contribution in [1.29, 1.82) is 0 Å². The Labute approximate surface area is 202 Å². The van der Waals surface area contributed by atoms with Gasteiger partial charge in [-0.05, 0) is 45.2 Å². The Bertz CT molecular complexity index is 1120. The fraction of sp³-hybridized carbons (Fsp3) is 0.583. The van der Waals surface area contributed by atoms with Crippen molar-refractivity contribution >= 4 is 11.8 Å². The van der Waals surface area contributed by atoms with E-state index in [0.717, 1.165) is 19.0 Å². The molecule has 4 heterocycles. The van der Waals surface area contributed by atoms with Gasteiger partial charge in [-0.15, -0.1) is 0 Å². The van der Waals surface area contributed by atoms with Gasteiger partial charge in [0.15, 0.2) is 5.82 Å². The van der Waals surface area contributed by atoms with Crippen LogP contribution in [0.15, 0.2) is 18.3 Å². The number of pyridine rings is 1. The minimum absolute atomic E-state index is 0.128. The number of hydrogen-bond donors (Lipinski definition) is 2. The zero-order valence-corrected chi connectivity index (χ0v) is 19.9. The molecule has 2 aromatic heterocycles. The van der Waals surface area contributed by atoms with E-state index in [1.807, 2.05) is 16.8 Å². The van der Waals surface area contributed by atoms with E-state index in [1.54, 1.807) is 0 Å². The van der Waals surface area contributed by atoms with Crippen molar-refractivity contribution in [2.75, 3.05) is 33.8 Å². The van der Waals surface area contributed by atoms with Crippen molar-refractivity contribution in [3.05, 3.63) is 29.8 Å². The number of nitrogens with one attached hydrogen (secondary N) is 2. The number of hydrogen-bond acceptors (Lipinski definition) is 6. The average molecular weight is 489 g/mol. The van der Waals surface area contributed by atoms with Gasteiger partial charge in [0, 0.05) is 42.7 Å². The van der Waals surface area contributed by atoms with Crippen molar-refractivity contribution in [2.45, 2.75) is 49.9 Å². The van der Waals surface area contributed by atoms with Gasteiger partial charge in [0.2, 0.25) is 11.8 Å². The monoisotopic (exact) mass is 488 g/mol. The van der Waals surface area contributed by atoms with E-state index in [1.165, 1.54) is 19.2 Å². The van der Waals surface area contributed by atoms with Crippen LogP contribution in [0.5, 0.6) is 5.88 Å². The normalized spacial score (nSPS) is 25.9. The molecule has 2 saturated heterocycles. The molecule has 11 heteroatoms. The molecule has 0 aromatic carbocycles. The van der Waals surface area contributed by atoms with Crippen LogP contribution < -0.4 is 10.1 Å². The average Bonchev–Trinajstić information content (AvgIpc) is 3.42. The topological polar surface area (TPSA) is 103 Å². The van der Waals surface area contributed by atoms with Crippen LogP contribution in [0.2, 0.25) is 0 Å². The summed E-state index contributed by atoms with van der Waals surface area (Å²) in [5, 5.41) is 9.78. The lowest BCUT2D eigenvalue weighted by Gasteiger charge is -2.40. The first-order chi connectivity index (χ1) is 16.8. The summed E-state index contributed by atoms with van der Waals surface area (Å²) in [6.07, 6.45) is 3.13. The number of likely N-dealkylation sites (N-methyl/N-ethyl adjacent to an activating group) is 1. The quantitative estimate of drug-likeness (QED) is 0.669. The maximum absolute atomic E-state index is 14.3. The Balaban J connectivity index is 1.26. The Morgan fingerprint density at radius 1 is 1.26 bits per heavy atom. The largest absolute Gasteiger partial charge is 0.481 e. The van der Waals surface area contributed by atoms with Gasteiger partial charge in [-0.1, -0.05) is 0 Å². The molecule has 1 unspecified atom stereocenters. The van der Waals surface area contributed by atoms with Crippen LogP contribution in [-0.2, 0) is 4.79 Å². The second-order valence-corrected chi connectivity index (χ2v) is 9.93. The molecule has 2 aromatic rings. The lowest BCUT2D eigenvalue weighted by atomic mass is 9.87. The molecular formula is C24H30F2N6O3. The second-order valence-electron chi connectivity index (χ2n) is 9.93. The smallest absolute Gasteiger partial charge is 0.272 e. The number of likely N-dealkylation sites (tertiary alicyclic amines) is 2. The first-order valence-corrected chi connectivity index (χ1v) is 12.0. The molecule has 188 valence electrons. The number of nitrogens with zero attached hydrogens (tertiary/aromatic N) is 4. The van der Waals surface area contributed by atoms with E-state index in [2.05, 4.69) is 20.5 Å². The summed E-state index contributed by atoms with van der Waals surface area (Å²) >= 11 is 0. The van der Waals surface area contributed by atoms with Crippen LogP contribution in [0.25, 0.3) is 11.3 Å². The van der Waals surface area contributed by atoms with Crippen LogP contribution in [0, 0.1) is 11.7 Å². The van der Waals surface area contributed by atoms with E-state index in [9.17, 15) is 18.4 Å². The highest BCUT2D eigenvalue weighted by atomic mass is 19.1. The highest BCUT2D eigenvalue weighted by molar-refractivity contribution is 5.94. The molecule has 9 nitrogen and oxygen atoms in total. The van der Waals surface area contributed by atoms with Crippen molar-refractivity contribution in [3.63, 3.8) is 0 Å². The number of ether oxygens (including phenoxy) is 1. The van der Waals surface area contributed by atoms with Crippen molar-refractivity contribution in [1.82, 2.24) is 30.3 Å². The van der Waals surface area contributed by atoms with Gasteiger partial charge in [-0.2, -0.15) is 5.10 Å². The van der Waals surface area contributed by atoms with Gasteiger partial charge < -0.3 is 19.9 Å². The van der Waals surface area contributed by atoms with Crippen LogP contribution in [0.3, 0.4) is 0 Å². The fourth-order valence-corrected chi connectivity index (χ4v) is 5.32. The Kier molecular flexibility index (Phi) is 6.20. The van der Waals surface area contributed by atoms with Crippen LogP contribution in [0.4, 0.5) is 8.78 Å². The number of alkyl halides is 1. The number of rotatable bonds is 5. The molecule has 5 rings (SSSR count). The van der Waals surface area contributed by atoms with Gasteiger partial charge in [-0.25, -0.2) is 13.8 Å². The zero-order chi connectivity index (χ0) is 24.7. The van der Waals surface area contributed by atoms with E-state index >= 15 is 0 Å². The van der Waals surface area contributed by atoms with E-state index in [-0.39, 0.29) is 46.1 Å². The number of carbonyl (C=O) groups is 2. The van der Waals surface area contributed by atoms with Crippen molar-refractivity contribution in [2.24, 2.45) is 5.92 Å². The number of H-pyrrole nitrogens is 1. The van der Waals surface area contributed by atoms with E-state index < -0.39 is 18.0 Å². The third-order valence-corrected chi connectivity index (χ3v) is 7.53. The number of amides is 2. The zero-order valence-electron chi connectivity index (χ0n) is 19.9. The predicted molar refractivity (Wildman–Crippen MR) is 123 cm³/mol.